The summed E-state index contributed by atoms with van der Waals surface area (Å²) in [5.41, 5.74) is -0.231. The van der Waals surface area contributed by atoms with E-state index in [1.54, 1.807) is 24.4 Å². The van der Waals surface area contributed by atoms with Crippen molar-refractivity contribution < 1.29 is 14.7 Å². The van der Waals surface area contributed by atoms with Crippen LogP contribution in [-0.2, 0) is 9.59 Å². The van der Waals surface area contributed by atoms with Crippen molar-refractivity contribution in [3.63, 3.8) is 0 Å². The normalized spacial score (nSPS) is 12.1. The number of rotatable bonds is 8. The van der Waals surface area contributed by atoms with Crippen LogP contribution < -0.4 is 10.6 Å². The maximum atomic E-state index is 12.0. The number of aromatic nitrogens is 1. The van der Waals surface area contributed by atoms with Crippen LogP contribution in [0.1, 0.15) is 6.42 Å². The predicted octanol–water partition coefficient (Wildman–Crippen LogP) is 1.99. The second kappa shape index (κ2) is 9.86. The van der Waals surface area contributed by atoms with Gasteiger partial charge in [-0.1, -0.05) is 0 Å². The number of anilines is 1. The van der Waals surface area contributed by atoms with Crippen molar-refractivity contribution in [2.24, 2.45) is 0 Å². The highest BCUT2D eigenvalue weighted by Gasteiger charge is 2.21. The molecule has 0 fully saturated rings. The summed E-state index contributed by atoms with van der Waals surface area (Å²) >= 11 is 4.72. The van der Waals surface area contributed by atoms with E-state index < -0.39 is 17.9 Å². The molecule has 1 aromatic heterocycles. The first kappa shape index (κ1) is 19.0. The van der Waals surface area contributed by atoms with Gasteiger partial charge in [-0.2, -0.15) is 17.0 Å². The van der Waals surface area contributed by atoms with Gasteiger partial charge in [-0.25, -0.2) is 9.78 Å². The number of amides is 1. The summed E-state index contributed by atoms with van der Waals surface area (Å²) in [7, 11) is 0. The highest BCUT2D eigenvalue weighted by atomic mass is 79.9. The van der Waals surface area contributed by atoms with Crippen LogP contribution in [0.25, 0.3) is 0 Å². The minimum absolute atomic E-state index is 0.231. The monoisotopic (exact) mass is 398 g/mol. The summed E-state index contributed by atoms with van der Waals surface area (Å²) in [6.07, 6.45) is 4.88. The van der Waals surface area contributed by atoms with Gasteiger partial charge < -0.3 is 15.7 Å². The molecule has 1 heterocycles. The van der Waals surface area contributed by atoms with Crippen LogP contribution in [-0.4, -0.2) is 40.0 Å². The molecule has 0 spiro atoms. The van der Waals surface area contributed by atoms with Crippen molar-refractivity contribution in [3.05, 3.63) is 34.6 Å². The number of nitrogens with zero attached hydrogens (tertiary/aromatic N) is 2. The predicted molar refractivity (Wildman–Crippen MR) is 91.8 cm³/mol. The number of thioether (sulfide) groups is 1. The molecule has 1 amide bonds. The first-order chi connectivity index (χ1) is 11.0. The van der Waals surface area contributed by atoms with Crippen LogP contribution in [0.3, 0.4) is 0 Å². The molecule has 0 aliphatic rings. The molecule has 122 valence electrons. The van der Waals surface area contributed by atoms with Crippen molar-refractivity contribution in [1.82, 2.24) is 10.3 Å². The molecule has 0 saturated carbocycles. The Morgan fingerprint density at radius 3 is 2.83 bits per heavy atom. The van der Waals surface area contributed by atoms with Gasteiger partial charge in [0.05, 0.1) is 0 Å². The number of aliphatic carboxylic acids is 1. The van der Waals surface area contributed by atoms with E-state index in [1.807, 2.05) is 6.26 Å². The number of carboxylic acids is 1. The topological polar surface area (TPSA) is 115 Å². The van der Waals surface area contributed by atoms with Crippen LogP contribution in [0.4, 0.5) is 5.82 Å². The number of carbonyl (C=O) groups excluding carboxylic acids is 1. The fourth-order valence-corrected chi connectivity index (χ4v) is 2.19. The summed E-state index contributed by atoms with van der Waals surface area (Å²) in [6.45, 7) is 0. The summed E-state index contributed by atoms with van der Waals surface area (Å²) in [6, 6.07) is 4.11. The second-order valence-corrected chi connectivity index (χ2v) is 6.22. The van der Waals surface area contributed by atoms with Crippen LogP contribution in [0, 0.1) is 11.3 Å². The number of carbonyl (C=O) groups is 2. The number of pyridine rings is 1. The fourth-order valence-electron chi connectivity index (χ4n) is 1.48. The maximum absolute atomic E-state index is 12.0. The molecule has 1 atom stereocenters. The molecule has 3 N–H and O–H groups in total. The first-order valence-electron chi connectivity index (χ1n) is 6.49. The lowest BCUT2D eigenvalue weighted by Crippen LogP contribution is -2.41. The zero-order valence-electron chi connectivity index (χ0n) is 12.2. The number of hydrogen-bond acceptors (Lipinski definition) is 6. The largest absolute Gasteiger partial charge is 0.480 e. The number of carboxylic acid groups (broad SMARTS) is 1. The number of halogens is 1. The molecule has 9 heteroatoms. The van der Waals surface area contributed by atoms with E-state index in [0.717, 1.165) is 4.47 Å². The molecule has 0 aromatic carbocycles. The summed E-state index contributed by atoms with van der Waals surface area (Å²) in [5, 5.41) is 23.2. The highest BCUT2D eigenvalue weighted by Crippen LogP contribution is 2.11. The van der Waals surface area contributed by atoms with Gasteiger partial charge in [0.2, 0.25) is 0 Å². The lowest BCUT2D eigenvalue weighted by atomic mass is 10.2. The van der Waals surface area contributed by atoms with Crippen LogP contribution in [0.5, 0.6) is 0 Å². The standard InChI is InChI=1S/C14H15BrN4O3S/c1-23-5-4-11(14(21)22)19-13(20)9(6-16)7-17-12-3-2-10(15)8-18-12/h2-3,7-8,11H,4-5H2,1H3,(H,17,18)(H,19,20)(H,21,22)/b9-7-. The first-order valence-corrected chi connectivity index (χ1v) is 8.67. The summed E-state index contributed by atoms with van der Waals surface area (Å²) in [4.78, 5) is 27.1. The smallest absolute Gasteiger partial charge is 0.326 e. The Morgan fingerprint density at radius 1 is 1.57 bits per heavy atom. The minimum atomic E-state index is -1.13. The molecular formula is C14H15BrN4O3S. The number of nitrogens with one attached hydrogen (secondary N) is 2. The van der Waals surface area contributed by atoms with E-state index >= 15 is 0 Å². The quantitative estimate of drug-likeness (QED) is 0.452. The fraction of sp³-hybridized carbons (Fsp3) is 0.286. The number of hydrogen-bond donors (Lipinski definition) is 3. The Morgan fingerprint density at radius 2 is 2.30 bits per heavy atom. The van der Waals surface area contributed by atoms with Gasteiger partial charge in [-0.05, 0) is 46.5 Å². The third kappa shape index (κ3) is 6.71. The average Bonchev–Trinajstić information content (AvgIpc) is 2.53. The van der Waals surface area contributed by atoms with E-state index in [9.17, 15) is 9.59 Å². The van der Waals surface area contributed by atoms with Crippen molar-refractivity contribution in [1.29, 1.82) is 5.26 Å². The van der Waals surface area contributed by atoms with Gasteiger partial charge >= 0.3 is 5.97 Å². The van der Waals surface area contributed by atoms with Gasteiger partial charge in [0.15, 0.2) is 0 Å². The zero-order chi connectivity index (χ0) is 17.2. The third-order valence-electron chi connectivity index (χ3n) is 2.67. The molecule has 23 heavy (non-hydrogen) atoms. The van der Waals surface area contributed by atoms with Gasteiger partial charge in [-0.15, -0.1) is 0 Å². The maximum Gasteiger partial charge on any atom is 0.326 e. The second-order valence-electron chi connectivity index (χ2n) is 4.32. The molecule has 7 nitrogen and oxygen atoms in total. The van der Waals surface area contributed by atoms with Crippen LogP contribution in [0.15, 0.2) is 34.6 Å². The van der Waals surface area contributed by atoms with E-state index in [1.165, 1.54) is 18.0 Å². The van der Waals surface area contributed by atoms with Crippen molar-refractivity contribution in [2.45, 2.75) is 12.5 Å². The third-order valence-corrected chi connectivity index (χ3v) is 3.78. The van der Waals surface area contributed by atoms with E-state index in [4.69, 9.17) is 10.4 Å². The van der Waals surface area contributed by atoms with Gasteiger partial charge in [0.25, 0.3) is 5.91 Å². The van der Waals surface area contributed by atoms with Crippen molar-refractivity contribution in [2.75, 3.05) is 17.3 Å². The van der Waals surface area contributed by atoms with Crippen LogP contribution >= 0.6 is 27.7 Å². The summed E-state index contributed by atoms with van der Waals surface area (Å²) < 4.78 is 0.795. The van der Waals surface area contributed by atoms with Crippen LogP contribution in [0.2, 0.25) is 0 Å². The highest BCUT2D eigenvalue weighted by molar-refractivity contribution is 9.10. The SMILES string of the molecule is CSCCC(NC(=O)/C(C#N)=C\Nc1ccc(Br)cn1)C(=O)O. The van der Waals surface area contributed by atoms with Gasteiger partial charge in [0.1, 0.15) is 23.5 Å². The minimum Gasteiger partial charge on any atom is -0.480 e. The lowest BCUT2D eigenvalue weighted by molar-refractivity contribution is -0.141. The zero-order valence-corrected chi connectivity index (χ0v) is 14.6. The molecule has 0 bridgehead atoms. The molecular weight excluding hydrogens is 384 g/mol. The van der Waals surface area contributed by atoms with E-state index in [0.29, 0.717) is 11.6 Å². The van der Waals surface area contributed by atoms with Gasteiger partial charge in [-0.3, -0.25) is 4.79 Å². The molecule has 1 rings (SSSR count). The Labute approximate surface area is 146 Å². The lowest BCUT2D eigenvalue weighted by Gasteiger charge is -2.13. The molecule has 0 aliphatic heterocycles. The van der Waals surface area contributed by atoms with E-state index in [-0.39, 0.29) is 12.0 Å². The molecule has 1 unspecified atom stereocenters. The van der Waals surface area contributed by atoms with E-state index in [2.05, 4.69) is 31.5 Å². The Bertz CT molecular complexity index is 628. The molecule has 0 aliphatic carbocycles. The van der Waals surface area contributed by atoms with Gasteiger partial charge in [0, 0.05) is 16.9 Å². The van der Waals surface area contributed by atoms with Crippen molar-refractivity contribution in [3.8, 4) is 6.07 Å². The number of nitriles is 1. The Hall–Kier alpha value is -2.05. The Balaban J connectivity index is 2.73. The summed E-state index contributed by atoms with van der Waals surface area (Å²) in [5.74, 6) is -0.840. The van der Waals surface area contributed by atoms with Crippen molar-refractivity contribution >= 4 is 45.4 Å². The average molecular weight is 399 g/mol. The molecule has 0 radical (unpaired) electrons. The Kier molecular flexibility index (Phi) is 8.15. The molecule has 1 aromatic rings. The molecule has 0 saturated heterocycles.